The van der Waals surface area contributed by atoms with Crippen molar-refractivity contribution in [1.82, 2.24) is 0 Å². The zero-order chi connectivity index (χ0) is 58.0. The average Bonchev–Trinajstić information content (AvgIpc) is 3.52. The van der Waals surface area contributed by atoms with Gasteiger partial charge in [-0.25, -0.2) is 13.2 Å². The fraction of sp³-hybridized carbons (Fsp3) is 0.238. The first-order valence-electron chi connectivity index (χ1n) is 25.5. The lowest BCUT2D eigenvalue weighted by Gasteiger charge is -2.13. The summed E-state index contributed by atoms with van der Waals surface area (Å²) in [6, 6.07) is 46.7. The van der Waals surface area contributed by atoms with Crippen molar-refractivity contribution in [2.24, 2.45) is 0 Å². The Kier molecular flexibility index (Phi) is 25.7. The zero-order valence-corrected chi connectivity index (χ0v) is 47.2. The minimum absolute atomic E-state index is 0. The van der Waals surface area contributed by atoms with Crippen molar-refractivity contribution in [1.29, 1.82) is 0 Å². The standard InChI is InChI=1S/C23H22ClF.C16H13ClF4O3S.C15H14ClFO.C8H11BO2.CH4/c1-3-5-17-8-12-19(13-9-17)21-15-14-20(22(24)23(21)25)18-10-6-16(4-2)7-11-18;1-2-3-10-4-6-11(7-5-10)12-8-9-13(14(17)15(12)18)24-25(22,23)16(19,20)21;1-2-3-10-4-6-11(7-5-10)12-8-9-13(18)14(16)15(12)17;1-2-7-3-5-8(6-4-7)9(10)11;/h6-15H,3-5H2,1-2H3;4-9H,2-3H2,1H3;4-9,18H,2-3H2,1H3;3-6,10-11H,2H2,1H3;1H4. The van der Waals surface area contributed by atoms with E-state index in [1.807, 2.05) is 79.7 Å². The Morgan fingerprint density at radius 2 is 0.762 bits per heavy atom. The van der Waals surface area contributed by atoms with Crippen LogP contribution in [-0.4, -0.2) is 36.2 Å². The van der Waals surface area contributed by atoms with Crippen LogP contribution in [0.4, 0.5) is 26.3 Å². The van der Waals surface area contributed by atoms with Crippen LogP contribution in [0.3, 0.4) is 0 Å². The van der Waals surface area contributed by atoms with Gasteiger partial charge in [0.05, 0.1) is 5.02 Å². The SMILES string of the molecule is C.CCCc1ccc(-c2ccc(-c3ccc(CC)cc3)c(Cl)c2F)cc1.CCCc1ccc(-c2ccc(O)c(Cl)c2F)cc1.CCCc1ccc(-c2ccc(OS(=O)(=O)C(F)(F)F)c(Cl)c2F)cc1.CCc1ccc(B(O)O)cc1. The number of hydrogen-bond donors (Lipinski definition) is 3. The molecule has 0 aliphatic carbocycles. The lowest BCUT2D eigenvalue weighted by atomic mass is 9.80. The van der Waals surface area contributed by atoms with Crippen LogP contribution in [0.2, 0.25) is 15.1 Å². The molecule has 0 saturated heterocycles. The summed E-state index contributed by atoms with van der Waals surface area (Å²) >= 11 is 17.7. The molecule has 0 fully saturated rings. The monoisotopic (exact) mass is 1180 g/mol. The number of aromatic hydroxyl groups is 1. The normalized spacial score (nSPS) is 10.9. The molecule has 424 valence electrons. The Morgan fingerprint density at radius 1 is 0.450 bits per heavy atom. The van der Waals surface area contributed by atoms with Gasteiger partial charge in [-0.05, 0) is 112 Å². The molecule has 8 aromatic rings. The second kappa shape index (κ2) is 31.1. The number of halogens is 9. The first kappa shape index (κ1) is 66.3. The van der Waals surface area contributed by atoms with Gasteiger partial charge in [0.25, 0.3) is 0 Å². The van der Waals surface area contributed by atoms with Crippen molar-refractivity contribution in [3.05, 3.63) is 218 Å². The van der Waals surface area contributed by atoms with Crippen LogP contribution in [0.1, 0.15) is 89.1 Å². The van der Waals surface area contributed by atoms with Crippen molar-refractivity contribution < 1.29 is 54.1 Å². The zero-order valence-electron chi connectivity index (χ0n) is 44.1. The largest absolute Gasteiger partial charge is 0.534 e. The van der Waals surface area contributed by atoms with Gasteiger partial charge >= 0.3 is 22.7 Å². The summed E-state index contributed by atoms with van der Waals surface area (Å²) in [5.74, 6) is -3.18. The van der Waals surface area contributed by atoms with E-state index in [-0.39, 0.29) is 34.6 Å². The Hall–Kier alpha value is -6.26. The molecule has 3 N–H and O–H groups in total. The average molecular weight is 1180 g/mol. The van der Waals surface area contributed by atoms with Gasteiger partial charge in [-0.2, -0.15) is 21.6 Å². The predicted molar refractivity (Wildman–Crippen MR) is 317 cm³/mol. The predicted octanol–water partition coefficient (Wildman–Crippen LogP) is 18.0. The van der Waals surface area contributed by atoms with E-state index in [4.69, 9.17) is 44.9 Å². The third-order valence-corrected chi connectivity index (χ3v) is 14.5. The molecule has 0 bridgehead atoms. The van der Waals surface area contributed by atoms with Crippen LogP contribution in [0.25, 0.3) is 44.5 Å². The summed E-state index contributed by atoms with van der Waals surface area (Å²) in [6.45, 7) is 10.5. The topological polar surface area (TPSA) is 104 Å². The molecule has 0 amide bonds. The lowest BCUT2D eigenvalue weighted by Crippen LogP contribution is -2.29. The van der Waals surface area contributed by atoms with E-state index >= 15 is 0 Å². The van der Waals surface area contributed by atoms with Gasteiger partial charge in [0.1, 0.15) is 21.6 Å². The molecule has 0 saturated carbocycles. The molecule has 80 heavy (non-hydrogen) atoms. The molecule has 8 aromatic carbocycles. The van der Waals surface area contributed by atoms with Crippen LogP contribution in [0.5, 0.6) is 11.5 Å². The Balaban J connectivity index is 0.000000237. The maximum atomic E-state index is 14.9. The summed E-state index contributed by atoms with van der Waals surface area (Å²) in [6.07, 6.45) is 7.99. The second-order valence-corrected chi connectivity index (χ2v) is 20.8. The summed E-state index contributed by atoms with van der Waals surface area (Å²) in [5.41, 5.74) is 5.60. The molecule has 0 spiro atoms. The quantitative estimate of drug-likeness (QED) is 0.0409. The summed E-state index contributed by atoms with van der Waals surface area (Å²) in [7, 11) is -7.28. The van der Waals surface area contributed by atoms with Gasteiger partial charge < -0.3 is 19.3 Å². The van der Waals surface area contributed by atoms with Crippen LogP contribution in [-0.2, 0) is 42.2 Å². The van der Waals surface area contributed by atoms with E-state index in [9.17, 15) is 39.9 Å². The maximum Gasteiger partial charge on any atom is 0.534 e. The number of phenolic OH excluding ortho intramolecular Hbond substituents is 1. The number of hydrogen-bond acceptors (Lipinski definition) is 6. The van der Waals surface area contributed by atoms with Crippen molar-refractivity contribution in [3.8, 4) is 56.0 Å². The van der Waals surface area contributed by atoms with Crippen molar-refractivity contribution in [3.63, 3.8) is 0 Å². The number of alkyl halides is 3. The van der Waals surface area contributed by atoms with E-state index in [0.29, 0.717) is 22.2 Å². The Labute approximate surface area is 481 Å². The maximum absolute atomic E-state index is 14.9. The molecule has 0 radical (unpaired) electrons. The van der Waals surface area contributed by atoms with Gasteiger partial charge in [0, 0.05) is 22.3 Å². The van der Waals surface area contributed by atoms with Crippen LogP contribution in [0.15, 0.2) is 158 Å². The highest BCUT2D eigenvalue weighted by atomic mass is 35.5. The highest BCUT2D eigenvalue weighted by molar-refractivity contribution is 7.88. The number of rotatable bonds is 15. The molecule has 0 atom stereocenters. The number of benzene rings is 8. The first-order valence-corrected chi connectivity index (χ1v) is 28.1. The Bertz CT molecular complexity index is 3350. The lowest BCUT2D eigenvalue weighted by molar-refractivity contribution is -0.0500. The van der Waals surface area contributed by atoms with E-state index in [0.717, 1.165) is 91.3 Å². The highest BCUT2D eigenvalue weighted by Gasteiger charge is 2.49. The summed E-state index contributed by atoms with van der Waals surface area (Å²) in [4.78, 5) is 0. The van der Waals surface area contributed by atoms with E-state index in [1.54, 1.807) is 36.4 Å². The van der Waals surface area contributed by atoms with Gasteiger partial charge in [-0.15, -0.1) is 0 Å². The smallest absolute Gasteiger partial charge is 0.506 e. The molecule has 8 rings (SSSR count). The van der Waals surface area contributed by atoms with Crippen molar-refractivity contribution in [2.75, 3.05) is 0 Å². The molecule has 0 aromatic heterocycles. The van der Waals surface area contributed by atoms with E-state index < -0.39 is 45.2 Å². The molecule has 0 aliphatic heterocycles. The minimum atomic E-state index is -5.93. The minimum Gasteiger partial charge on any atom is -0.506 e. The third kappa shape index (κ3) is 17.9. The van der Waals surface area contributed by atoms with Crippen molar-refractivity contribution in [2.45, 2.75) is 98.9 Å². The highest BCUT2D eigenvalue weighted by Crippen LogP contribution is 2.39. The van der Waals surface area contributed by atoms with Gasteiger partial charge in [0.2, 0.25) is 0 Å². The molecular weight excluding hydrogens is 1120 g/mol. The van der Waals surface area contributed by atoms with E-state index in [2.05, 4.69) is 56.1 Å². The van der Waals surface area contributed by atoms with Gasteiger partial charge in [0.15, 0.2) is 17.4 Å². The molecule has 17 heteroatoms. The molecule has 0 aliphatic rings. The third-order valence-electron chi connectivity index (χ3n) is 12.4. The second-order valence-electron chi connectivity index (χ2n) is 18.1. The van der Waals surface area contributed by atoms with Gasteiger partial charge in [-0.3, -0.25) is 0 Å². The van der Waals surface area contributed by atoms with E-state index in [1.165, 1.54) is 34.4 Å². The molecule has 0 unspecified atom stereocenters. The fourth-order valence-corrected chi connectivity index (χ4v) is 9.16. The molecule has 6 nitrogen and oxygen atoms in total. The van der Waals surface area contributed by atoms with Crippen LogP contribution >= 0.6 is 34.8 Å². The fourth-order valence-electron chi connectivity index (χ4n) is 8.01. The van der Waals surface area contributed by atoms with Gasteiger partial charge in [-0.1, -0.05) is 230 Å². The Morgan fingerprint density at radius 3 is 1.12 bits per heavy atom. The van der Waals surface area contributed by atoms with Crippen LogP contribution < -0.4 is 9.65 Å². The summed E-state index contributed by atoms with van der Waals surface area (Å²) in [5, 5.41) is 25.9. The van der Waals surface area contributed by atoms with Crippen LogP contribution in [0, 0.1) is 17.5 Å². The summed E-state index contributed by atoms with van der Waals surface area (Å²) < 4.78 is 106. The molecular formula is C63H64BCl3F6O6S. The van der Waals surface area contributed by atoms with Crippen molar-refractivity contribution >= 4 is 57.5 Å². The number of aryl methyl sites for hydroxylation is 5. The first-order chi connectivity index (χ1) is 37.6. The molecule has 0 heterocycles. The number of phenols is 1.